The first-order chi connectivity index (χ1) is 10.1. The molecule has 0 radical (unpaired) electrons. The number of hydrogen-bond donors (Lipinski definition) is 0. The Morgan fingerprint density at radius 2 is 1.57 bits per heavy atom. The van der Waals surface area contributed by atoms with Crippen molar-refractivity contribution in [2.45, 2.75) is 26.9 Å². The Morgan fingerprint density at radius 3 is 2.05 bits per heavy atom. The third-order valence-corrected chi connectivity index (χ3v) is 2.51. The number of ether oxygens (including phenoxy) is 2. The smallest absolute Gasteiger partial charge is 0.368 e. The van der Waals surface area contributed by atoms with Crippen LogP contribution in [-0.4, -0.2) is 30.9 Å². The van der Waals surface area contributed by atoms with Gasteiger partial charge in [-0.3, -0.25) is 0 Å². The van der Waals surface area contributed by atoms with Gasteiger partial charge in [0.25, 0.3) is 5.71 Å². The van der Waals surface area contributed by atoms with Crippen LogP contribution in [0.25, 0.3) is 0 Å². The maximum absolute atomic E-state index is 11.7. The number of carbonyl (C=O) groups is 2. The molecule has 21 heavy (non-hydrogen) atoms. The van der Waals surface area contributed by atoms with Gasteiger partial charge in [-0.25, -0.2) is 9.59 Å². The average molecular weight is 293 g/mol. The quantitative estimate of drug-likeness (QED) is 0.333. The molecule has 0 aliphatic heterocycles. The van der Waals surface area contributed by atoms with E-state index in [-0.39, 0.29) is 13.2 Å². The summed E-state index contributed by atoms with van der Waals surface area (Å²) in [5.74, 6) is -1.73. The lowest BCUT2D eigenvalue weighted by atomic mass is 10.1. The molecule has 0 aliphatic carbocycles. The van der Waals surface area contributed by atoms with Crippen LogP contribution in [0.15, 0.2) is 35.5 Å². The van der Waals surface area contributed by atoms with Crippen molar-refractivity contribution in [3.63, 3.8) is 0 Å². The van der Waals surface area contributed by atoms with E-state index in [0.717, 1.165) is 5.56 Å². The number of carbonyl (C=O) groups excluding carboxylic acids is 2. The third kappa shape index (κ3) is 5.25. The minimum absolute atomic E-state index is 0.130. The van der Waals surface area contributed by atoms with Crippen LogP contribution < -0.4 is 0 Å². The van der Waals surface area contributed by atoms with E-state index in [1.54, 1.807) is 20.8 Å². The van der Waals surface area contributed by atoms with Gasteiger partial charge >= 0.3 is 11.9 Å². The number of hydrogen-bond acceptors (Lipinski definition) is 6. The highest BCUT2D eigenvalue weighted by Crippen LogP contribution is 2.16. The Hall–Kier alpha value is -2.37. The molecule has 0 bridgehead atoms. The van der Waals surface area contributed by atoms with Crippen LogP contribution in [0.3, 0.4) is 0 Å². The third-order valence-electron chi connectivity index (χ3n) is 2.51. The van der Waals surface area contributed by atoms with Gasteiger partial charge in [-0.05, 0) is 26.3 Å². The van der Waals surface area contributed by atoms with Crippen molar-refractivity contribution in [3.8, 4) is 0 Å². The molecule has 0 amide bonds. The van der Waals surface area contributed by atoms with Crippen molar-refractivity contribution in [1.29, 1.82) is 0 Å². The lowest BCUT2D eigenvalue weighted by Gasteiger charge is -2.11. The molecule has 1 aromatic carbocycles. The number of oxime groups is 1. The Kier molecular flexibility index (Phi) is 6.94. The number of rotatable bonds is 7. The Bertz CT molecular complexity index is 478. The standard InChI is InChI=1S/C15H19NO5/c1-4-19-14(17)13(15(18)20-5-2)16-21-11(3)12-9-7-6-8-10-12/h6-11H,4-5H2,1-3H3. The molecular formula is C15H19NO5. The molecular weight excluding hydrogens is 274 g/mol. The minimum atomic E-state index is -0.865. The molecule has 6 heteroatoms. The molecule has 0 aromatic heterocycles. The van der Waals surface area contributed by atoms with Crippen molar-refractivity contribution < 1.29 is 23.9 Å². The molecule has 0 heterocycles. The highest BCUT2D eigenvalue weighted by molar-refractivity contribution is 6.62. The van der Waals surface area contributed by atoms with Crippen LogP contribution in [0.1, 0.15) is 32.4 Å². The van der Waals surface area contributed by atoms with E-state index < -0.39 is 23.8 Å². The first-order valence-electron chi connectivity index (χ1n) is 6.73. The molecule has 114 valence electrons. The Labute approximate surface area is 123 Å². The van der Waals surface area contributed by atoms with Crippen molar-refractivity contribution >= 4 is 17.7 Å². The van der Waals surface area contributed by atoms with E-state index in [0.29, 0.717) is 0 Å². The topological polar surface area (TPSA) is 74.2 Å². The SMILES string of the molecule is CCOC(=O)C(=NOC(C)c1ccccc1)C(=O)OCC. The zero-order valence-electron chi connectivity index (χ0n) is 12.4. The summed E-state index contributed by atoms with van der Waals surface area (Å²) in [6, 6.07) is 9.30. The summed E-state index contributed by atoms with van der Waals surface area (Å²) in [6.45, 7) is 5.28. The lowest BCUT2D eigenvalue weighted by molar-refractivity contribution is -0.141. The molecule has 0 saturated carbocycles. The Morgan fingerprint density at radius 1 is 1.05 bits per heavy atom. The summed E-state index contributed by atoms with van der Waals surface area (Å²) >= 11 is 0. The van der Waals surface area contributed by atoms with E-state index in [1.165, 1.54) is 0 Å². The summed E-state index contributed by atoms with van der Waals surface area (Å²) in [5, 5.41) is 3.60. The normalized spacial score (nSPS) is 11.2. The van der Waals surface area contributed by atoms with E-state index >= 15 is 0 Å². The largest absolute Gasteiger partial charge is 0.461 e. The number of nitrogens with zero attached hydrogens (tertiary/aromatic N) is 1. The second-order valence-electron chi connectivity index (χ2n) is 4.04. The average Bonchev–Trinajstić information content (AvgIpc) is 2.48. The monoisotopic (exact) mass is 293 g/mol. The van der Waals surface area contributed by atoms with Gasteiger partial charge in [0.15, 0.2) is 0 Å². The summed E-state index contributed by atoms with van der Waals surface area (Å²) in [5.41, 5.74) is 0.370. The maximum atomic E-state index is 11.7. The molecule has 0 saturated heterocycles. The first kappa shape index (κ1) is 16.7. The van der Waals surface area contributed by atoms with Crippen LogP contribution in [0.4, 0.5) is 0 Å². The van der Waals surface area contributed by atoms with E-state index in [1.807, 2.05) is 30.3 Å². The van der Waals surface area contributed by atoms with Gasteiger partial charge in [0.1, 0.15) is 6.10 Å². The molecule has 1 atom stereocenters. The second-order valence-corrected chi connectivity index (χ2v) is 4.04. The molecule has 0 spiro atoms. The van der Waals surface area contributed by atoms with Crippen molar-refractivity contribution in [3.05, 3.63) is 35.9 Å². The van der Waals surface area contributed by atoms with Crippen LogP contribution in [0.2, 0.25) is 0 Å². The summed E-state index contributed by atoms with van der Waals surface area (Å²) < 4.78 is 9.52. The fourth-order valence-electron chi connectivity index (χ4n) is 1.47. The zero-order valence-corrected chi connectivity index (χ0v) is 12.4. The molecule has 1 rings (SSSR count). The summed E-state index contributed by atoms with van der Waals surface area (Å²) in [7, 11) is 0. The number of esters is 2. The van der Waals surface area contributed by atoms with Gasteiger partial charge in [0.2, 0.25) is 0 Å². The fraction of sp³-hybridized carbons (Fsp3) is 0.400. The predicted octanol–water partition coefficient (Wildman–Crippen LogP) is 2.25. The van der Waals surface area contributed by atoms with Crippen LogP contribution >= 0.6 is 0 Å². The Balaban J connectivity index is 2.82. The molecule has 0 N–H and O–H groups in total. The van der Waals surface area contributed by atoms with Crippen LogP contribution in [0, 0.1) is 0 Å². The van der Waals surface area contributed by atoms with E-state index in [9.17, 15) is 9.59 Å². The van der Waals surface area contributed by atoms with Gasteiger partial charge in [0, 0.05) is 0 Å². The van der Waals surface area contributed by atoms with Gasteiger partial charge in [-0.1, -0.05) is 35.5 Å². The summed E-state index contributed by atoms with van der Waals surface area (Å²) in [4.78, 5) is 28.6. The van der Waals surface area contributed by atoms with Crippen molar-refractivity contribution in [1.82, 2.24) is 0 Å². The van der Waals surface area contributed by atoms with Crippen LogP contribution in [0.5, 0.6) is 0 Å². The molecule has 0 aliphatic rings. The molecule has 6 nitrogen and oxygen atoms in total. The van der Waals surface area contributed by atoms with Gasteiger partial charge in [-0.2, -0.15) is 0 Å². The van der Waals surface area contributed by atoms with Crippen LogP contribution in [-0.2, 0) is 23.9 Å². The maximum Gasteiger partial charge on any atom is 0.368 e. The first-order valence-corrected chi connectivity index (χ1v) is 6.73. The second kappa shape index (κ2) is 8.73. The number of benzene rings is 1. The fourth-order valence-corrected chi connectivity index (χ4v) is 1.47. The van der Waals surface area contributed by atoms with Crippen molar-refractivity contribution in [2.24, 2.45) is 5.16 Å². The zero-order chi connectivity index (χ0) is 15.7. The summed E-state index contributed by atoms with van der Waals surface area (Å²) in [6.07, 6.45) is -0.412. The van der Waals surface area contributed by atoms with Crippen molar-refractivity contribution in [2.75, 3.05) is 13.2 Å². The van der Waals surface area contributed by atoms with Gasteiger partial charge in [0.05, 0.1) is 13.2 Å². The molecule has 1 aromatic rings. The van der Waals surface area contributed by atoms with E-state index in [4.69, 9.17) is 14.3 Å². The lowest BCUT2D eigenvalue weighted by Crippen LogP contribution is -2.28. The predicted molar refractivity (Wildman–Crippen MR) is 76.6 cm³/mol. The van der Waals surface area contributed by atoms with Gasteiger partial charge in [-0.15, -0.1) is 0 Å². The molecule has 0 fully saturated rings. The highest BCUT2D eigenvalue weighted by Gasteiger charge is 2.25. The van der Waals surface area contributed by atoms with E-state index in [2.05, 4.69) is 5.16 Å². The highest BCUT2D eigenvalue weighted by atomic mass is 16.6. The molecule has 1 unspecified atom stereocenters. The van der Waals surface area contributed by atoms with Gasteiger partial charge < -0.3 is 14.3 Å². The minimum Gasteiger partial charge on any atom is -0.461 e.